The molecular weight excluding hydrogens is 879 g/mol. The van der Waals surface area contributed by atoms with E-state index in [1.165, 1.54) is 100 Å². The van der Waals surface area contributed by atoms with Crippen LogP contribution >= 0.6 is 0 Å². The van der Waals surface area contributed by atoms with E-state index in [0.717, 1.165) is 17.1 Å². The Labute approximate surface area is 433 Å². The van der Waals surface area contributed by atoms with Gasteiger partial charge in [-0.3, -0.25) is 0 Å². The van der Waals surface area contributed by atoms with Crippen LogP contribution in [0.4, 0.5) is 17.1 Å². The Kier molecular flexibility index (Phi) is 11.0. The second-order valence-corrected chi connectivity index (χ2v) is 22.9. The topological polar surface area (TPSA) is 3.24 Å². The lowest BCUT2D eigenvalue weighted by Gasteiger charge is -2.35. The van der Waals surface area contributed by atoms with Crippen LogP contribution in [0.1, 0.15) is 99.9 Å². The number of benzene rings is 10. The molecule has 1 nitrogen and oxygen atoms in total. The van der Waals surface area contributed by atoms with E-state index in [1.54, 1.807) is 0 Å². The number of fused-ring (bicyclic) bond motifs is 6. The first-order valence-electron chi connectivity index (χ1n) is 26.1. The van der Waals surface area contributed by atoms with Crippen molar-refractivity contribution in [2.24, 2.45) is 0 Å². The van der Waals surface area contributed by atoms with Crippen LogP contribution in [0.15, 0.2) is 237 Å². The van der Waals surface area contributed by atoms with Gasteiger partial charge < -0.3 is 4.90 Å². The maximum Gasteiger partial charge on any atom is 0.0713 e. The Morgan fingerprint density at radius 3 is 1.29 bits per heavy atom. The molecule has 10 aromatic carbocycles. The first kappa shape index (κ1) is 46.1. The normalized spacial score (nSPS) is 14.0. The second-order valence-electron chi connectivity index (χ2n) is 22.9. The van der Waals surface area contributed by atoms with Gasteiger partial charge in [0.2, 0.25) is 0 Å². The molecule has 0 spiro atoms. The number of nitrogens with zero attached hydrogens (tertiary/aromatic N) is 1. The summed E-state index contributed by atoms with van der Waals surface area (Å²) in [5.74, 6) is 0. The molecule has 0 N–H and O–H groups in total. The number of hydrogen-bond donors (Lipinski definition) is 0. The van der Waals surface area contributed by atoms with E-state index in [4.69, 9.17) is 0 Å². The SMILES string of the molecule is CC(C)(C)c1ccc2c(c1)C(c1ccccc1)(c1ccccc1)c1cc(C(C)(C)C)cc(-c3ccc(N(c4ccc(-c5ccccc5)cc4)c4ccc(-c5cccc6c5-c5ccccc5C6(C)C)cc4)cc3)c1-2. The van der Waals surface area contributed by atoms with Crippen LogP contribution < -0.4 is 4.90 Å². The summed E-state index contributed by atoms with van der Waals surface area (Å²) in [4.78, 5) is 2.41. The van der Waals surface area contributed by atoms with Crippen LogP contribution in [-0.4, -0.2) is 0 Å². The third kappa shape index (κ3) is 7.59. The molecule has 12 rings (SSSR count). The summed E-state index contributed by atoms with van der Waals surface area (Å²) in [6.45, 7) is 18.8. The van der Waals surface area contributed by atoms with Gasteiger partial charge in [-0.15, -0.1) is 0 Å². The Balaban J connectivity index is 1.02. The van der Waals surface area contributed by atoms with Gasteiger partial charge in [-0.2, -0.15) is 0 Å². The summed E-state index contributed by atoms with van der Waals surface area (Å²) < 4.78 is 0. The molecule has 0 aliphatic heterocycles. The molecular formula is C72H63N. The van der Waals surface area contributed by atoms with Crippen LogP contribution in [0.5, 0.6) is 0 Å². The van der Waals surface area contributed by atoms with Crippen molar-refractivity contribution >= 4 is 17.1 Å². The first-order valence-corrected chi connectivity index (χ1v) is 26.1. The zero-order chi connectivity index (χ0) is 50.3. The Morgan fingerprint density at radius 2 is 0.726 bits per heavy atom. The fraction of sp³-hybridized carbons (Fsp3) is 0.167. The minimum atomic E-state index is -0.529. The van der Waals surface area contributed by atoms with Gasteiger partial charge in [0, 0.05) is 22.5 Å². The van der Waals surface area contributed by atoms with E-state index in [2.05, 4.69) is 297 Å². The Hall–Kier alpha value is -8.00. The van der Waals surface area contributed by atoms with Crippen molar-refractivity contribution in [3.8, 4) is 55.6 Å². The highest BCUT2D eigenvalue weighted by Gasteiger charge is 2.48. The molecule has 0 radical (unpaired) electrons. The van der Waals surface area contributed by atoms with E-state index < -0.39 is 5.41 Å². The summed E-state index contributed by atoms with van der Waals surface area (Å²) in [5.41, 5.74) is 25.9. The molecule has 356 valence electrons. The zero-order valence-electron chi connectivity index (χ0n) is 43.5. The molecule has 73 heavy (non-hydrogen) atoms. The quantitative estimate of drug-likeness (QED) is 0.147. The molecule has 0 amide bonds. The highest BCUT2D eigenvalue weighted by atomic mass is 15.1. The molecule has 0 aromatic heterocycles. The molecule has 0 saturated carbocycles. The lowest BCUT2D eigenvalue weighted by Crippen LogP contribution is -2.29. The van der Waals surface area contributed by atoms with Crippen molar-refractivity contribution in [2.75, 3.05) is 4.90 Å². The number of hydrogen-bond acceptors (Lipinski definition) is 1. The van der Waals surface area contributed by atoms with E-state index >= 15 is 0 Å². The highest BCUT2D eigenvalue weighted by Crippen LogP contribution is 2.60. The van der Waals surface area contributed by atoms with E-state index in [9.17, 15) is 0 Å². The van der Waals surface area contributed by atoms with Gasteiger partial charge in [-0.1, -0.05) is 250 Å². The molecule has 10 aromatic rings. The predicted molar refractivity (Wildman–Crippen MR) is 310 cm³/mol. The van der Waals surface area contributed by atoms with Crippen molar-refractivity contribution in [2.45, 2.75) is 77.0 Å². The third-order valence-corrected chi connectivity index (χ3v) is 16.1. The molecule has 0 heterocycles. The maximum absolute atomic E-state index is 2.54. The van der Waals surface area contributed by atoms with Crippen LogP contribution in [0.2, 0.25) is 0 Å². The largest absolute Gasteiger partial charge is 0.311 e. The summed E-state index contributed by atoms with van der Waals surface area (Å²) in [7, 11) is 0. The van der Waals surface area contributed by atoms with Gasteiger partial charge in [0.15, 0.2) is 0 Å². The lowest BCUT2D eigenvalue weighted by molar-refractivity contribution is 0.586. The molecule has 0 bridgehead atoms. The third-order valence-electron chi connectivity index (χ3n) is 16.1. The van der Waals surface area contributed by atoms with Crippen LogP contribution in [0.3, 0.4) is 0 Å². The molecule has 0 unspecified atom stereocenters. The number of rotatable bonds is 8. The van der Waals surface area contributed by atoms with Crippen molar-refractivity contribution in [1.29, 1.82) is 0 Å². The molecule has 0 saturated heterocycles. The van der Waals surface area contributed by atoms with Gasteiger partial charge in [-0.05, 0) is 153 Å². The summed E-state index contributed by atoms with van der Waals surface area (Å²) in [5, 5.41) is 0. The molecule has 1 heteroatoms. The molecule has 0 atom stereocenters. The van der Waals surface area contributed by atoms with Crippen molar-refractivity contribution in [1.82, 2.24) is 0 Å². The van der Waals surface area contributed by atoms with Gasteiger partial charge in [0.1, 0.15) is 0 Å². The smallest absolute Gasteiger partial charge is 0.0713 e. The van der Waals surface area contributed by atoms with Gasteiger partial charge in [0.05, 0.1) is 5.41 Å². The average Bonchev–Trinajstić information content (AvgIpc) is 3.86. The fourth-order valence-corrected chi connectivity index (χ4v) is 12.2. The van der Waals surface area contributed by atoms with Crippen LogP contribution in [-0.2, 0) is 21.7 Å². The summed E-state index contributed by atoms with van der Waals surface area (Å²) >= 11 is 0. The van der Waals surface area contributed by atoms with E-state index in [0.29, 0.717) is 0 Å². The molecule has 2 aliphatic carbocycles. The summed E-state index contributed by atoms with van der Waals surface area (Å²) in [6.07, 6.45) is 0. The predicted octanol–water partition coefficient (Wildman–Crippen LogP) is 19.4. The minimum Gasteiger partial charge on any atom is -0.311 e. The van der Waals surface area contributed by atoms with Gasteiger partial charge in [-0.25, -0.2) is 0 Å². The van der Waals surface area contributed by atoms with Gasteiger partial charge >= 0.3 is 0 Å². The fourth-order valence-electron chi connectivity index (χ4n) is 12.2. The summed E-state index contributed by atoms with van der Waals surface area (Å²) in [6, 6.07) is 88.9. The Bertz CT molecular complexity index is 3620. The zero-order valence-corrected chi connectivity index (χ0v) is 43.5. The second kappa shape index (κ2) is 17.3. The van der Waals surface area contributed by atoms with Gasteiger partial charge in [0.25, 0.3) is 0 Å². The lowest BCUT2D eigenvalue weighted by atomic mass is 9.66. The minimum absolute atomic E-state index is 0.0306. The van der Waals surface area contributed by atoms with E-state index in [-0.39, 0.29) is 16.2 Å². The molecule has 0 fully saturated rings. The molecule has 2 aliphatic rings. The van der Waals surface area contributed by atoms with Crippen LogP contribution in [0.25, 0.3) is 55.6 Å². The van der Waals surface area contributed by atoms with Crippen LogP contribution in [0, 0.1) is 0 Å². The maximum atomic E-state index is 2.54. The van der Waals surface area contributed by atoms with Crippen molar-refractivity contribution < 1.29 is 0 Å². The van der Waals surface area contributed by atoms with E-state index in [1.807, 2.05) is 0 Å². The average molecular weight is 942 g/mol. The standard InChI is InChI=1S/C72H63N/c1-69(2,3)54-37-44-61-65(46-54)72(52-23-14-10-15-24-52,53-25-16-11-17-26-53)66-47-55(70(4,5)6)45-62(68(61)66)51-35-42-58(43-36-51)73(56-38-31-49(32-39-56)48-21-12-9-13-22-48)57-40-33-50(34-41-57)59-28-20-30-64-67(59)60-27-18-19-29-63(60)71(64,7)8/h9-47H,1-8H3. The van der Waals surface area contributed by atoms with Crippen molar-refractivity contribution in [3.63, 3.8) is 0 Å². The Morgan fingerprint density at radius 1 is 0.301 bits per heavy atom. The highest BCUT2D eigenvalue weighted by molar-refractivity contribution is 5.97. The number of anilines is 3. The van der Waals surface area contributed by atoms with Crippen molar-refractivity contribution in [3.05, 3.63) is 281 Å². The monoisotopic (exact) mass is 941 g/mol. The first-order chi connectivity index (χ1) is 35.2.